The second-order valence-electron chi connectivity index (χ2n) is 21.5. The van der Waals surface area contributed by atoms with E-state index in [-0.39, 0.29) is 45.9 Å². The summed E-state index contributed by atoms with van der Waals surface area (Å²) < 4.78 is 51.7. The number of carbonyl (C=O) groups excluding carboxylic acids is 2. The van der Waals surface area contributed by atoms with Crippen LogP contribution >= 0.6 is 0 Å². The number of carbonyl (C=O) groups is 2. The smallest absolute Gasteiger partial charge is 0.261 e. The Morgan fingerprint density at radius 3 is 1.50 bits per heavy atom. The molecule has 9 atom stereocenters. The average Bonchev–Trinajstić information content (AvgIpc) is 3.88. The van der Waals surface area contributed by atoms with E-state index in [4.69, 9.17) is 37.9 Å². The third-order valence-corrected chi connectivity index (χ3v) is 15.6. The fraction of sp³-hybridized carbons (Fsp3) is 0.433. The standard InChI is InChI=1S/C67H79NO12/c1-73-54-37-35-53(36-38-54)42-74-39-23-7-5-3-2-4-6-20-34-59-62(68-65(70)55-32-21-22-33-56(55)66(68)71)63(77-45-51-28-16-10-17-29-51)57(60(79-59)47-75-43-49-24-12-8-13-25-49)40-67(72)41-58(69)64(78-46-52-30-18-11-19-31-52)61(80-67)48-76-44-50-26-14-9-15-27-50/h8-19,21-22,24-33,35-38,57-64,69,72H,2-7,20,23,34,39-48H2,1H3/t57-,58?,59+,60-,61-,62+,63+,64-,67+/m1/s1. The van der Waals surface area contributed by atoms with Gasteiger partial charge in [0.2, 0.25) is 0 Å². The first-order valence-corrected chi connectivity index (χ1v) is 28.7. The second-order valence-corrected chi connectivity index (χ2v) is 21.5. The molecule has 6 aromatic rings. The lowest BCUT2D eigenvalue weighted by Crippen LogP contribution is -2.66. The summed E-state index contributed by atoms with van der Waals surface area (Å²) in [6.45, 7) is 2.35. The maximum Gasteiger partial charge on any atom is 0.261 e. The van der Waals surface area contributed by atoms with Gasteiger partial charge in [-0.05, 0) is 64.9 Å². The molecule has 9 rings (SSSR count). The van der Waals surface area contributed by atoms with Gasteiger partial charge in [-0.15, -0.1) is 0 Å². The predicted octanol–water partition coefficient (Wildman–Crippen LogP) is 11.6. The number of ether oxygens (including phenoxy) is 8. The third kappa shape index (κ3) is 16.3. The van der Waals surface area contributed by atoms with Gasteiger partial charge >= 0.3 is 0 Å². The number of fused-ring (bicyclic) bond motifs is 1. The molecule has 0 bridgehead atoms. The Morgan fingerprint density at radius 2 is 0.963 bits per heavy atom. The Hall–Kier alpha value is -6.10. The van der Waals surface area contributed by atoms with Crippen molar-refractivity contribution in [1.82, 2.24) is 4.90 Å². The lowest BCUT2D eigenvalue weighted by atomic mass is 9.77. The Balaban J connectivity index is 0.949. The van der Waals surface area contributed by atoms with Crippen molar-refractivity contribution in [3.8, 4) is 5.75 Å². The Labute approximate surface area is 472 Å². The summed E-state index contributed by atoms with van der Waals surface area (Å²) in [6, 6.07) is 53.2. The highest BCUT2D eigenvalue weighted by molar-refractivity contribution is 6.21. The highest BCUT2D eigenvalue weighted by atomic mass is 16.7. The molecular formula is C67H79NO12. The highest BCUT2D eigenvalue weighted by Gasteiger charge is 2.57. The third-order valence-electron chi connectivity index (χ3n) is 15.6. The fourth-order valence-corrected chi connectivity index (χ4v) is 11.5. The Bertz CT molecular complexity index is 2730. The molecule has 3 aliphatic rings. The van der Waals surface area contributed by atoms with Gasteiger partial charge in [-0.25, -0.2) is 0 Å². The summed E-state index contributed by atoms with van der Waals surface area (Å²) in [7, 11) is 1.67. The van der Waals surface area contributed by atoms with Crippen molar-refractivity contribution in [3.05, 3.63) is 209 Å². The van der Waals surface area contributed by atoms with Gasteiger partial charge in [0, 0.05) is 25.4 Å². The number of nitrogens with zero attached hydrogens (tertiary/aromatic N) is 1. The minimum absolute atomic E-state index is 0.00714. The monoisotopic (exact) mass is 1090 g/mol. The van der Waals surface area contributed by atoms with Gasteiger partial charge < -0.3 is 48.1 Å². The molecule has 0 aromatic heterocycles. The highest BCUT2D eigenvalue weighted by Crippen LogP contribution is 2.44. The first-order chi connectivity index (χ1) is 39.2. The van der Waals surface area contributed by atoms with Crippen LogP contribution in [0.1, 0.15) is 119 Å². The quantitative estimate of drug-likeness (QED) is 0.0315. The van der Waals surface area contributed by atoms with Crippen molar-refractivity contribution < 1.29 is 57.7 Å². The van der Waals surface area contributed by atoms with E-state index in [1.54, 1.807) is 31.4 Å². The van der Waals surface area contributed by atoms with Gasteiger partial charge in [-0.2, -0.15) is 0 Å². The van der Waals surface area contributed by atoms with Crippen LogP contribution in [-0.2, 0) is 66.2 Å². The molecule has 2 amide bonds. The summed E-state index contributed by atoms with van der Waals surface area (Å²) in [5.41, 5.74) is 5.53. The molecule has 13 nitrogen and oxygen atoms in total. The van der Waals surface area contributed by atoms with E-state index in [0.29, 0.717) is 30.8 Å². The SMILES string of the molecule is COc1ccc(COCCCCCCCCCC[C@@H]2O[C@H](COCc3ccccc3)[C@@H](C[C@@]3(O)CC(O)[C@@H](OCc4ccccc4)[C@@H](COCc4ccccc4)O3)[C@H](OCc3ccccc3)[C@H]2N2C(=O)c3ccccc3C2=O)cc1. The molecule has 0 spiro atoms. The van der Waals surface area contributed by atoms with Crippen molar-refractivity contribution in [2.45, 2.75) is 152 Å². The summed E-state index contributed by atoms with van der Waals surface area (Å²) in [4.78, 5) is 31.0. The zero-order valence-corrected chi connectivity index (χ0v) is 46.1. The number of benzene rings is 6. The molecule has 2 fully saturated rings. The normalized spacial score (nSPS) is 23.8. The number of imide groups is 1. The van der Waals surface area contributed by atoms with E-state index in [1.807, 2.05) is 146 Å². The van der Waals surface area contributed by atoms with E-state index in [0.717, 1.165) is 91.5 Å². The molecule has 2 saturated heterocycles. The van der Waals surface area contributed by atoms with E-state index in [2.05, 4.69) is 0 Å². The van der Waals surface area contributed by atoms with Gasteiger partial charge in [-0.1, -0.05) is 191 Å². The topological polar surface area (TPSA) is 152 Å². The molecule has 6 aromatic carbocycles. The van der Waals surface area contributed by atoms with Gasteiger partial charge in [-0.3, -0.25) is 14.5 Å². The summed E-state index contributed by atoms with van der Waals surface area (Å²) in [5.74, 6) is -2.71. The summed E-state index contributed by atoms with van der Waals surface area (Å²) in [6.07, 6.45) is 3.24. The molecule has 0 saturated carbocycles. The number of hydrogen-bond donors (Lipinski definition) is 2. The number of rotatable bonds is 31. The molecule has 13 heteroatoms. The minimum atomic E-state index is -1.98. The maximum absolute atomic E-state index is 14.8. The predicted molar refractivity (Wildman–Crippen MR) is 304 cm³/mol. The maximum atomic E-state index is 14.8. The van der Waals surface area contributed by atoms with Gasteiger partial charge in [0.15, 0.2) is 5.79 Å². The molecular weight excluding hydrogens is 1010 g/mol. The van der Waals surface area contributed by atoms with Crippen LogP contribution in [0.2, 0.25) is 0 Å². The largest absolute Gasteiger partial charge is 0.497 e. The van der Waals surface area contributed by atoms with Crippen molar-refractivity contribution in [2.24, 2.45) is 5.92 Å². The van der Waals surface area contributed by atoms with E-state index in [1.165, 1.54) is 4.90 Å². The molecule has 3 aliphatic heterocycles. The van der Waals surface area contributed by atoms with E-state index < -0.39 is 66.2 Å². The van der Waals surface area contributed by atoms with Gasteiger partial charge in [0.05, 0.1) is 94.9 Å². The van der Waals surface area contributed by atoms with Crippen molar-refractivity contribution in [1.29, 1.82) is 0 Å². The average molecular weight is 1090 g/mol. The molecule has 1 unspecified atom stereocenters. The fourth-order valence-electron chi connectivity index (χ4n) is 11.5. The van der Waals surface area contributed by atoms with Crippen molar-refractivity contribution >= 4 is 11.8 Å². The van der Waals surface area contributed by atoms with Crippen LogP contribution in [0.5, 0.6) is 5.75 Å². The minimum Gasteiger partial charge on any atom is -0.497 e. The van der Waals surface area contributed by atoms with Crippen LogP contribution in [-0.4, -0.2) is 102 Å². The molecule has 80 heavy (non-hydrogen) atoms. The Kier molecular flexibility index (Phi) is 22.0. The number of amides is 2. The zero-order chi connectivity index (χ0) is 55.4. The summed E-state index contributed by atoms with van der Waals surface area (Å²) in [5, 5.41) is 25.2. The lowest BCUT2D eigenvalue weighted by molar-refractivity contribution is -0.329. The van der Waals surface area contributed by atoms with E-state index >= 15 is 0 Å². The number of hydrogen-bond acceptors (Lipinski definition) is 12. The molecule has 3 heterocycles. The van der Waals surface area contributed by atoms with Crippen LogP contribution < -0.4 is 4.74 Å². The molecule has 0 radical (unpaired) electrons. The van der Waals surface area contributed by atoms with Gasteiger partial charge in [0.1, 0.15) is 18.0 Å². The first-order valence-electron chi connectivity index (χ1n) is 28.7. The van der Waals surface area contributed by atoms with Crippen LogP contribution in [0.25, 0.3) is 0 Å². The lowest BCUT2D eigenvalue weighted by Gasteiger charge is -2.52. The van der Waals surface area contributed by atoms with Crippen molar-refractivity contribution in [2.75, 3.05) is 26.9 Å². The zero-order valence-electron chi connectivity index (χ0n) is 46.1. The number of unbranched alkanes of at least 4 members (excludes halogenated alkanes) is 7. The van der Waals surface area contributed by atoms with Crippen LogP contribution in [0.15, 0.2) is 170 Å². The number of aliphatic hydroxyl groups excluding tert-OH is 1. The molecule has 2 N–H and O–H groups in total. The molecule has 0 aliphatic carbocycles. The van der Waals surface area contributed by atoms with E-state index in [9.17, 15) is 19.8 Å². The van der Waals surface area contributed by atoms with Crippen LogP contribution in [0.4, 0.5) is 0 Å². The number of methoxy groups -OCH3 is 1. The van der Waals surface area contributed by atoms with Crippen LogP contribution in [0, 0.1) is 5.92 Å². The Morgan fingerprint density at radius 1 is 0.512 bits per heavy atom. The molecule has 424 valence electrons. The van der Waals surface area contributed by atoms with Gasteiger partial charge in [0.25, 0.3) is 11.8 Å². The first kappa shape index (κ1) is 58.6. The second kappa shape index (κ2) is 30.1. The van der Waals surface area contributed by atoms with Crippen molar-refractivity contribution in [3.63, 3.8) is 0 Å². The summed E-state index contributed by atoms with van der Waals surface area (Å²) >= 11 is 0. The van der Waals surface area contributed by atoms with Crippen LogP contribution in [0.3, 0.4) is 0 Å². The number of aliphatic hydroxyl groups is 2.